The van der Waals surface area contributed by atoms with Gasteiger partial charge in [-0.15, -0.1) is 0 Å². The van der Waals surface area contributed by atoms with Crippen LogP contribution in [-0.2, 0) is 17.8 Å². The summed E-state index contributed by atoms with van der Waals surface area (Å²) in [6.07, 6.45) is 4.21. The lowest BCUT2D eigenvalue weighted by molar-refractivity contribution is -0.384. The molecule has 7 heteroatoms. The highest BCUT2D eigenvalue weighted by Crippen LogP contribution is 2.28. The second-order valence-corrected chi connectivity index (χ2v) is 6.16. The molecular weight excluding hydrogens is 332 g/mol. The van der Waals surface area contributed by atoms with Gasteiger partial charge in [0, 0.05) is 36.1 Å². The lowest BCUT2D eigenvalue weighted by Crippen LogP contribution is -2.32. The maximum absolute atomic E-state index is 12.6. The van der Waals surface area contributed by atoms with Gasteiger partial charge in [-0.05, 0) is 23.6 Å². The summed E-state index contributed by atoms with van der Waals surface area (Å²) in [5.74, 6) is -0.0244. The maximum atomic E-state index is 12.6. The number of hydrogen-bond donors (Lipinski definition) is 0. The summed E-state index contributed by atoms with van der Waals surface area (Å²) in [7, 11) is 0. The van der Waals surface area contributed by atoms with Gasteiger partial charge in [0.1, 0.15) is 6.54 Å². The van der Waals surface area contributed by atoms with Gasteiger partial charge in [-0.1, -0.05) is 30.3 Å². The number of nitrogens with zero attached hydrogens (tertiary/aromatic N) is 4. The van der Waals surface area contributed by atoms with Crippen molar-refractivity contribution in [3.63, 3.8) is 0 Å². The topological polar surface area (TPSA) is 81.3 Å². The van der Waals surface area contributed by atoms with Crippen LogP contribution in [0.15, 0.2) is 60.9 Å². The van der Waals surface area contributed by atoms with Crippen molar-refractivity contribution < 1.29 is 9.72 Å². The monoisotopic (exact) mass is 348 g/mol. The lowest BCUT2D eigenvalue weighted by atomic mass is 10.1. The zero-order valence-corrected chi connectivity index (χ0v) is 13.9. The summed E-state index contributed by atoms with van der Waals surface area (Å²) >= 11 is 0. The van der Waals surface area contributed by atoms with Crippen molar-refractivity contribution in [2.75, 3.05) is 11.4 Å². The lowest BCUT2D eigenvalue weighted by Gasteiger charge is -2.17. The average Bonchev–Trinajstić information content (AvgIpc) is 3.28. The van der Waals surface area contributed by atoms with Crippen LogP contribution in [0, 0.1) is 10.1 Å². The first kappa shape index (κ1) is 16.0. The highest BCUT2D eigenvalue weighted by Gasteiger charge is 2.24. The molecule has 1 aliphatic rings. The average molecular weight is 348 g/mol. The van der Waals surface area contributed by atoms with E-state index in [-0.39, 0.29) is 18.1 Å². The first-order valence-corrected chi connectivity index (χ1v) is 8.27. The molecule has 0 radical (unpaired) electrons. The molecule has 2 heterocycles. The number of rotatable bonds is 4. The fraction of sp³-hybridized carbons (Fsp3) is 0.158. The fourth-order valence-electron chi connectivity index (χ4n) is 3.22. The van der Waals surface area contributed by atoms with Crippen LogP contribution in [0.3, 0.4) is 0 Å². The predicted octanol–water partition coefficient (Wildman–Crippen LogP) is 3.05. The molecule has 0 N–H and O–H groups in total. The number of amides is 1. The van der Waals surface area contributed by atoms with Gasteiger partial charge in [-0.2, -0.15) is 5.10 Å². The molecule has 130 valence electrons. The summed E-state index contributed by atoms with van der Waals surface area (Å²) in [4.78, 5) is 24.9. The minimum Gasteiger partial charge on any atom is -0.310 e. The van der Waals surface area contributed by atoms with Crippen molar-refractivity contribution >= 4 is 17.3 Å². The van der Waals surface area contributed by atoms with E-state index in [2.05, 4.69) is 5.10 Å². The number of carbonyl (C=O) groups is 1. The molecule has 0 atom stereocenters. The molecule has 2 aromatic carbocycles. The van der Waals surface area contributed by atoms with Gasteiger partial charge in [0.25, 0.3) is 5.69 Å². The van der Waals surface area contributed by atoms with Crippen LogP contribution in [-0.4, -0.2) is 27.2 Å². The molecule has 4 rings (SSSR count). The number of anilines is 1. The fourth-order valence-corrected chi connectivity index (χ4v) is 3.22. The Morgan fingerprint density at radius 1 is 1.15 bits per heavy atom. The third-order valence-corrected chi connectivity index (χ3v) is 4.51. The number of para-hydroxylation sites is 1. The zero-order chi connectivity index (χ0) is 18.1. The van der Waals surface area contributed by atoms with E-state index >= 15 is 0 Å². The van der Waals surface area contributed by atoms with Crippen LogP contribution in [0.1, 0.15) is 5.56 Å². The summed E-state index contributed by atoms with van der Waals surface area (Å²) in [6, 6.07) is 14.3. The van der Waals surface area contributed by atoms with Gasteiger partial charge in [-0.3, -0.25) is 19.6 Å². The first-order chi connectivity index (χ1) is 12.6. The van der Waals surface area contributed by atoms with Gasteiger partial charge in [0.2, 0.25) is 5.91 Å². The molecule has 0 aliphatic carbocycles. The molecule has 1 amide bonds. The molecule has 0 spiro atoms. The molecule has 26 heavy (non-hydrogen) atoms. The minimum atomic E-state index is -0.428. The largest absolute Gasteiger partial charge is 0.310 e. The Morgan fingerprint density at radius 3 is 2.85 bits per heavy atom. The zero-order valence-electron chi connectivity index (χ0n) is 13.9. The van der Waals surface area contributed by atoms with Crippen LogP contribution in [0.4, 0.5) is 11.4 Å². The smallest absolute Gasteiger partial charge is 0.270 e. The Labute approximate surface area is 149 Å². The van der Waals surface area contributed by atoms with Crippen LogP contribution < -0.4 is 4.90 Å². The molecule has 0 fully saturated rings. The van der Waals surface area contributed by atoms with E-state index in [4.69, 9.17) is 0 Å². The SMILES string of the molecule is O=C(Cn1cc(-c2cccc([N+](=O)[O-])c2)cn1)N1CCc2ccccc21. The molecule has 0 saturated heterocycles. The number of benzene rings is 2. The van der Waals surface area contributed by atoms with E-state index in [1.165, 1.54) is 17.7 Å². The van der Waals surface area contributed by atoms with E-state index < -0.39 is 4.92 Å². The first-order valence-electron chi connectivity index (χ1n) is 8.27. The molecular formula is C19H16N4O3. The number of aromatic nitrogens is 2. The van der Waals surface area contributed by atoms with E-state index in [0.717, 1.165) is 17.7 Å². The summed E-state index contributed by atoms with van der Waals surface area (Å²) in [6.45, 7) is 0.806. The quantitative estimate of drug-likeness (QED) is 0.536. The number of nitro groups is 1. The van der Waals surface area contributed by atoms with Crippen LogP contribution in [0.2, 0.25) is 0 Å². The van der Waals surface area contributed by atoms with Gasteiger partial charge < -0.3 is 4.90 Å². The predicted molar refractivity (Wildman–Crippen MR) is 96.8 cm³/mol. The molecule has 0 unspecified atom stereocenters. The van der Waals surface area contributed by atoms with Crippen molar-refractivity contribution in [3.05, 3.63) is 76.6 Å². The Balaban J connectivity index is 1.52. The van der Waals surface area contributed by atoms with Gasteiger partial charge in [0.15, 0.2) is 0 Å². The molecule has 1 aliphatic heterocycles. The van der Waals surface area contributed by atoms with Gasteiger partial charge >= 0.3 is 0 Å². The number of non-ortho nitro benzene ring substituents is 1. The maximum Gasteiger partial charge on any atom is 0.270 e. The van der Waals surface area contributed by atoms with E-state index in [1.54, 1.807) is 34.1 Å². The number of hydrogen-bond acceptors (Lipinski definition) is 4. The third kappa shape index (κ3) is 2.95. The number of nitro benzene ring substituents is 1. The molecule has 7 nitrogen and oxygen atoms in total. The van der Waals surface area contributed by atoms with Crippen molar-refractivity contribution in [2.45, 2.75) is 13.0 Å². The molecule has 0 bridgehead atoms. The second-order valence-electron chi connectivity index (χ2n) is 6.16. The number of carbonyl (C=O) groups excluding carboxylic acids is 1. The Kier molecular flexibility index (Phi) is 3.96. The standard InChI is InChI=1S/C19H16N4O3/c24-19(22-9-8-14-4-1-2-7-18(14)22)13-21-12-16(11-20-21)15-5-3-6-17(10-15)23(25)26/h1-7,10-12H,8-9,13H2. The van der Waals surface area contributed by atoms with Crippen LogP contribution in [0.25, 0.3) is 11.1 Å². The third-order valence-electron chi connectivity index (χ3n) is 4.51. The highest BCUT2D eigenvalue weighted by atomic mass is 16.6. The van der Waals surface area contributed by atoms with E-state index in [9.17, 15) is 14.9 Å². The Hall–Kier alpha value is -3.48. The molecule has 0 saturated carbocycles. The Bertz CT molecular complexity index is 996. The van der Waals surface area contributed by atoms with Gasteiger partial charge in [-0.25, -0.2) is 0 Å². The van der Waals surface area contributed by atoms with Crippen molar-refractivity contribution in [3.8, 4) is 11.1 Å². The van der Waals surface area contributed by atoms with E-state index in [1.807, 2.05) is 24.3 Å². The molecule has 3 aromatic rings. The Morgan fingerprint density at radius 2 is 2.00 bits per heavy atom. The highest BCUT2D eigenvalue weighted by molar-refractivity contribution is 5.95. The van der Waals surface area contributed by atoms with Crippen LogP contribution >= 0.6 is 0 Å². The summed E-state index contributed by atoms with van der Waals surface area (Å²) < 4.78 is 1.57. The number of fused-ring (bicyclic) bond motifs is 1. The van der Waals surface area contributed by atoms with Crippen molar-refractivity contribution in [1.82, 2.24) is 9.78 Å². The second kappa shape index (κ2) is 6.44. The summed E-state index contributed by atoms with van der Waals surface area (Å²) in [5, 5.41) is 15.2. The van der Waals surface area contributed by atoms with Crippen molar-refractivity contribution in [1.29, 1.82) is 0 Å². The van der Waals surface area contributed by atoms with Crippen LogP contribution in [0.5, 0.6) is 0 Å². The van der Waals surface area contributed by atoms with Gasteiger partial charge in [0.05, 0.1) is 11.1 Å². The van der Waals surface area contributed by atoms with Crippen molar-refractivity contribution in [2.24, 2.45) is 0 Å². The van der Waals surface area contributed by atoms with E-state index in [0.29, 0.717) is 12.1 Å². The minimum absolute atomic E-state index is 0.0244. The summed E-state index contributed by atoms with van der Waals surface area (Å²) in [5.41, 5.74) is 3.61. The normalized spacial score (nSPS) is 12.8. The molecule has 1 aromatic heterocycles.